The summed E-state index contributed by atoms with van der Waals surface area (Å²) < 4.78 is 12.2. The van der Waals surface area contributed by atoms with Gasteiger partial charge in [0.05, 0.1) is 30.1 Å². The van der Waals surface area contributed by atoms with Gasteiger partial charge < -0.3 is 19.0 Å². The number of amides is 1. The molecular weight excluding hydrogens is 532 g/mol. The van der Waals surface area contributed by atoms with Crippen LogP contribution < -0.4 is 9.64 Å². The van der Waals surface area contributed by atoms with Crippen LogP contribution in [0.5, 0.6) is 5.75 Å². The summed E-state index contributed by atoms with van der Waals surface area (Å²) in [5.41, 5.74) is 3.03. The molecule has 10 nitrogen and oxygen atoms in total. The number of aromatic nitrogens is 3. The zero-order chi connectivity index (χ0) is 28.7. The molecule has 4 heterocycles. The van der Waals surface area contributed by atoms with Crippen molar-refractivity contribution in [1.82, 2.24) is 14.4 Å². The lowest BCUT2D eigenvalue weighted by Gasteiger charge is -2.23. The molecule has 3 aromatic heterocycles. The van der Waals surface area contributed by atoms with E-state index in [-0.39, 0.29) is 27.9 Å². The van der Waals surface area contributed by atoms with E-state index in [1.165, 1.54) is 18.1 Å². The van der Waals surface area contributed by atoms with Gasteiger partial charge in [0, 0.05) is 6.20 Å². The maximum atomic E-state index is 13.6. The van der Waals surface area contributed by atoms with E-state index in [0.717, 1.165) is 16.9 Å². The first kappa shape index (κ1) is 26.8. The highest BCUT2D eigenvalue weighted by Crippen LogP contribution is 2.44. The largest absolute Gasteiger partial charge is 0.505 e. The van der Waals surface area contributed by atoms with Gasteiger partial charge >= 0.3 is 11.9 Å². The van der Waals surface area contributed by atoms with E-state index in [1.807, 2.05) is 29.7 Å². The summed E-state index contributed by atoms with van der Waals surface area (Å²) >= 11 is 0.930. The van der Waals surface area contributed by atoms with Gasteiger partial charge in [0.15, 0.2) is 10.9 Å². The number of imidazole rings is 1. The van der Waals surface area contributed by atoms with Crippen molar-refractivity contribution in [3.05, 3.63) is 93.9 Å². The monoisotopic (exact) mass is 558 g/mol. The molecular formula is C29H26N4O6S. The molecule has 1 aliphatic rings. The Morgan fingerprint density at radius 3 is 2.52 bits per heavy atom. The molecule has 40 heavy (non-hydrogen) atoms. The summed E-state index contributed by atoms with van der Waals surface area (Å²) in [5.74, 6) is -2.23. The summed E-state index contributed by atoms with van der Waals surface area (Å²) in [6.45, 7) is 8.84. The Balaban J connectivity index is 1.71. The SMILES string of the molecule is C=CCOC(=O)c1sc(N2C(=O)C(=O)C(=C(O)c3nc4c(C)cccn4c3C)C2c2ccc(OC)cc2)nc1C. The molecule has 204 valence electrons. The maximum Gasteiger partial charge on any atom is 0.350 e. The summed E-state index contributed by atoms with van der Waals surface area (Å²) in [5, 5.41) is 11.7. The first-order valence-corrected chi connectivity index (χ1v) is 13.1. The molecule has 0 radical (unpaired) electrons. The zero-order valence-electron chi connectivity index (χ0n) is 22.3. The number of hydrogen-bond donors (Lipinski definition) is 1. The van der Waals surface area contributed by atoms with Crippen molar-refractivity contribution in [3.63, 3.8) is 0 Å². The van der Waals surface area contributed by atoms with E-state index in [9.17, 15) is 19.5 Å². The van der Waals surface area contributed by atoms with Gasteiger partial charge in [0.25, 0.3) is 5.78 Å². The van der Waals surface area contributed by atoms with Crippen molar-refractivity contribution < 1.29 is 29.0 Å². The van der Waals surface area contributed by atoms with Crippen molar-refractivity contribution in [1.29, 1.82) is 0 Å². The first-order valence-electron chi connectivity index (χ1n) is 12.3. The van der Waals surface area contributed by atoms with Gasteiger partial charge in [-0.15, -0.1) is 0 Å². The molecule has 1 unspecified atom stereocenters. The fourth-order valence-corrected chi connectivity index (χ4v) is 5.67. The van der Waals surface area contributed by atoms with Gasteiger partial charge in [-0.05, 0) is 50.1 Å². The maximum absolute atomic E-state index is 13.6. The van der Waals surface area contributed by atoms with Crippen molar-refractivity contribution in [3.8, 4) is 5.75 Å². The zero-order valence-corrected chi connectivity index (χ0v) is 23.1. The fraction of sp³-hybridized carbons (Fsp3) is 0.207. The summed E-state index contributed by atoms with van der Waals surface area (Å²) in [6.07, 6.45) is 3.26. The van der Waals surface area contributed by atoms with E-state index in [0.29, 0.717) is 28.3 Å². The van der Waals surface area contributed by atoms with Crippen LogP contribution in [0.4, 0.5) is 5.13 Å². The molecule has 5 rings (SSSR count). The van der Waals surface area contributed by atoms with Crippen molar-refractivity contribution in [2.24, 2.45) is 0 Å². The average molecular weight is 559 g/mol. The second-order valence-electron chi connectivity index (χ2n) is 9.17. The third kappa shape index (κ3) is 4.34. The first-order chi connectivity index (χ1) is 19.2. The number of esters is 1. The number of aliphatic hydroxyl groups is 1. The number of ketones is 1. The van der Waals surface area contributed by atoms with Crippen LogP contribution in [0, 0.1) is 20.8 Å². The number of anilines is 1. The highest BCUT2D eigenvalue weighted by atomic mass is 32.1. The van der Waals surface area contributed by atoms with Crippen molar-refractivity contribution in [2.75, 3.05) is 18.6 Å². The molecule has 1 fully saturated rings. The van der Waals surface area contributed by atoms with Crippen LogP contribution in [0.3, 0.4) is 0 Å². The Hall–Kier alpha value is -4.77. The quantitative estimate of drug-likeness (QED) is 0.114. The minimum absolute atomic E-state index is 0.0136. The number of Topliss-reactive ketones (excluding diaryl/α,β-unsaturated/α-hetero) is 1. The summed E-state index contributed by atoms with van der Waals surface area (Å²) in [7, 11) is 1.53. The van der Waals surface area contributed by atoms with Gasteiger partial charge in [-0.25, -0.2) is 14.8 Å². The normalized spacial score (nSPS) is 16.5. The lowest BCUT2D eigenvalue weighted by molar-refractivity contribution is -0.132. The standard InChI is InChI=1S/C29H26N4O6S/c1-6-14-39-28(37)25-16(3)30-29(40-25)33-22(18-9-11-19(38-5)12-10-18)20(24(35)27(33)36)23(34)21-17(4)32-13-7-8-15(2)26(32)31-21/h6-13,22,34H,1,14H2,2-5H3. The Bertz CT molecular complexity index is 1720. The highest BCUT2D eigenvalue weighted by Gasteiger charge is 2.49. The summed E-state index contributed by atoms with van der Waals surface area (Å²) in [4.78, 5) is 50.2. The van der Waals surface area contributed by atoms with Crippen molar-refractivity contribution in [2.45, 2.75) is 26.8 Å². The smallest absolute Gasteiger partial charge is 0.350 e. The minimum Gasteiger partial charge on any atom is -0.505 e. The number of fused-ring (bicyclic) bond motifs is 1. The Labute approximate surface area is 233 Å². The predicted octanol–water partition coefficient (Wildman–Crippen LogP) is 4.69. The van der Waals surface area contributed by atoms with E-state index in [4.69, 9.17) is 9.47 Å². The molecule has 1 atom stereocenters. The van der Waals surface area contributed by atoms with E-state index < -0.39 is 29.5 Å². The number of nitrogens with zero attached hydrogens (tertiary/aromatic N) is 4. The molecule has 0 aliphatic carbocycles. The number of aliphatic hydroxyl groups excluding tert-OH is 1. The molecule has 1 aromatic carbocycles. The molecule has 1 amide bonds. The van der Waals surface area contributed by atoms with Gasteiger partial charge in [0.2, 0.25) is 0 Å². The summed E-state index contributed by atoms with van der Waals surface area (Å²) in [6, 6.07) is 9.51. The number of pyridine rings is 1. The minimum atomic E-state index is -1.04. The van der Waals surface area contributed by atoms with Crippen LogP contribution in [0.15, 0.2) is 60.8 Å². The number of ether oxygens (including phenoxy) is 2. The van der Waals surface area contributed by atoms with Crippen LogP contribution in [0.25, 0.3) is 11.4 Å². The number of rotatable bonds is 7. The number of carbonyl (C=O) groups excluding carboxylic acids is 3. The average Bonchev–Trinajstić information content (AvgIpc) is 3.59. The van der Waals surface area contributed by atoms with Gasteiger partial charge in [-0.1, -0.05) is 42.2 Å². The number of methoxy groups -OCH3 is 1. The Kier molecular flexibility index (Phi) is 6.99. The van der Waals surface area contributed by atoms with Gasteiger partial charge in [-0.3, -0.25) is 14.5 Å². The fourth-order valence-electron chi connectivity index (χ4n) is 4.68. The number of carbonyl (C=O) groups is 3. The lowest BCUT2D eigenvalue weighted by Crippen LogP contribution is -2.29. The number of thiazole rings is 1. The topological polar surface area (TPSA) is 123 Å². The van der Waals surface area contributed by atoms with E-state index >= 15 is 0 Å². The number of aryl methyl sites for hydroxylation is 3. The van der Waals surface area contributed by atoms with Crippen LogP contribution >= 0.6 is 11.3 Å². The third-order valence-electron chi connectivity index (χ3n) is 6.69. The van der Waals surface area contributed by atoms with Crippen molar-refractivity contribution >= 4 is 45.5 Å². The third-order valence-corrected chi connectivity index (χ3v) is 7.83. The second-order valence-corrected chi connectivity index (χ2v) is 10.1. The molecule has 0 saturated carbocycles. The van der Waals surface area contributed by atoms with Gasteiger partial charge in [-0.2, -0.15) is 0 Å². The van der Waals surface area contributed by atoms with Crippen LogP contribution in [-0.4, -0.2) is 50.9 Å². The molecule has 11 heteroatoms. The lowest BCUT2D eigenvalue weighted by atomic mass is 9.96. The molecule has 0 spiro atoms. The Morgan fingerprint density at radius 1 is 1.15 bits per heavy atom. The number of benzene rings is 1. The van der Waals surface area contributed by atoms with Crippen LogP contribution in [-0.2, 0) is 14.3 Å². The molecule has 1 aliphatic heterocycles. The van der Waals surface area contributed by atoms with Crippen LogP contribution in [0.1, 0.15) is 43.9 Å². The van der Waals surface area contributed by atoms with Gasteiger partial charge in [0.1, 0.15) is 28.6 Å². The molecule has 1 saturated heterocycles. The highest BCUT2D eigenvalue weighted by molar-refractivity contribution is 7.17. The number of hydrogen-bond acceptors (Lipinski definition) is 9. The van der Waals surface area contributed by atoms with E-state index in [1.54, 1.807) is 38.1 Å². The molecule has 0 bridgehead atoms. The second kappa shape index (κ2) is 10.4. The molecule has 1 N–H and O–H groups in total. The molecule has 4 aromatic rings. The van der Waals surface area contributed by atoms with Crippen LogP contribution in [0.2, 0.25) is 0 Å². The predicted molar refractivity (Wildman–Crippen MR) is 150 cm³/mol. The Morgan fingerprint density at radius 2 is 1.88 bits per heavy atom. The van der Waals surface area contributed by atoms with E-state index in [2.05, 4.69) is 16.5 Å².